The maximum absolute atomic E-state index is 9.73. The highest BCUT2D eigenvalue weighted by Gasteiger charge is 2.06. The Morgan fingerprint density at radius 2 is 2.18 bits per heavy atom. The minimum atomic E-state index is -0.348. The van der Waals surface area contributed by atoms with Gasteiger partial charge in [-0.1, -0.05) is 35.0 Å². The predicted octanol–water partition coefficient (Wildman–Crippen LogP) is 3.74. The molecule has 0 aliphatic rings. The lowest BCUT2D eigenvalue weighted by atomic mass is 10.1. The molecule has 1 aromatic carbocycles. The quantitative estimate of drug-likeness (QED) is 0.913. The van der Waals surface area contributed by atoms with Crippen LogP contribution < -0.4 is 0 Å². The average molecular weight is 294 g/mol. The second-order valence-corrected chi connectivity index (χ2v) is 5.09. The van der Waals surface area contributed by atoms with Crippen molar-refractivity contribution >= 4 is 15.9 Å². The molecule has 2 rings (SSSR count). The van der Waals surface area contributed by atoms with E-state index >= 15 is 0 Å². The molecule has 0 saturated carbocycles. The van der Waals surface area contributed by atoms with Gasteiger partial charge in [-0.15, -0.1) is 0 Å². The number of aliphatic hydroxyl groups is 1. The molecule has 1 atom stereocenters. The van der Waals surface area contributed by atoms with E-state index in [4.69, 9.17) is 0 Å². The van der Waals surface area contributed by atoms with Gasteiger partial charge in [-0.2, -0.15) is 0 Å². The van der Waals surface area contributed by atoms with E-state index in [0.29, 0.717) is 0 Å². The highest BCUT2D eigenvalue weighted by Crippen LogP contribution is 2.18. The van der Waals surface area contributed by atoms with E-state index in [1.165, 1.54) is 5.56 Å². The van der Waals surface area contributed by atoms with E-state index in [1.807, 2.05) is 37.5 Å². The SMILES string of the molecule is CCC(O)c1ccn(Cc2cccc(Br)c2)c1. The molecule has 1 aromatic heterocycles. The van der Waals surface area contributed by atoms with E-state index in [-0.39, 0.29) is 6.10 Å². The molecule has 0 bridgehead atoms. The molecule has 3 heteroatoms. The van der Waals surface area contributed by atoms with E-state index in [9.17, 15) is 5.11 Å². The van der Waals surface area contributed by atoms with Gasteiger partial charge in [0.1, 0.15) is 0 Å². The van der Waals surface area contributed by atoms with Gasteiger partial charge < -0.3 is 9.67 Å². The van der Waals surface area contributed by atoms with E-state index < -0.39 is 0 Å². The lowest BCUT2D eigenvalue weighted by Gasteiger charge is -2.05. The monoisotopic (exact) mass is 293 g/mol. The molecule has 0 radical (unpaired) electrons. The van der Waals surface area contributed by atoms with Crippen LogP contribution in [0.5, 0.6) is 0 Å². The summed E-state index contributed by atoms with van der Waals surface area (Å²) in [6.45, 7) is 2.81. The molecular weight excluding hydrogens is 278 g/mol. The lowest BCUT2D eigenvalue weighted by molar-refractivity contribution is 0.173. The number of hydrogen-bond acceptors (Lipinski definition) is 1. The molecule has 1 heterocycles. The van der Waals surface area contributed by atoms with Crippen LogP contribution in [-0.4, -0.2) is 9.67 Å². The van der Waals surface area contributed by atoms with E-state index in [1.54, 1.807) is 0 Å². The van der Waals surface area contributed by atoms with Gasteiger partial charge in [-0.3, -0.25) is 0 Å². The molecule has 1 unspecified atom stereocenters. The zero-order chi connectivity index (χ0) is 12.3. The summed E-state index contributed by atoms with van der Waals surface area (Å²) < 4.78 is 3.19. The average Bonchev–Trinajstić information content (AvgIpc) is 2.76. The number of rotatable bonds is 4. The fourth-order valence-electron chi connectivity index (χ4n) is 1.84. The maximum Gasteiger partial charge on any atom is 0.0802 e. The van der Waals surface area contributed by atoms with Crippen molar-refractivity contribution in [1.82, 2.24) is 4.57 Å². The van der Waals surface area contributed by atoms with Crippen molar-refractivity contribution in [2.45, 2.75) is 26.0 Å². The molecule has 0 fully saturated rings. The fourth-order valence-corrected chi connectivity index (χ4v) is 2.28. The molecule has 0 saturated heterocycles. The van der Waals surface area contributed by atoms with Crippen LogP contribution in [0.3, 0.4) is 0 Å². The van der Waals surface area contributed by atoms with Crippen LogP contribution >= 0.6 is 15.9 Å². The Labute approximate surface area is 110 Å². The molecular formula is C14H16BrNO. The molecule has 1 N–H and O–H groups in total. The van der Waals surface area contributed by atoms with Crippen molar-refractivity contribution in [3.8, 4) is 0 Å². The van der Waals surface area contributed by atoms with Crippen molar-refractivity contribution in [1.29, 1.82) is 0 Å². The van der Waals surface area contributed by atoms with Gasteiger partial charge in [0.05, 0.1) is 6.10 Å². The fraction of sp³-hybridized carbons (Fsp3) is 0.286. The van der Waals surface area contributed by atoms with Gasteiger partial charge in [-0.25, -0.2) is 0 Å². The molecule has 2 aromatic rings. The third kappa shape index (κ3) is 3.20. The van der Waals surface area contributed by atoms with Gasteiger partial charge in [0, 0.05) is 23.4 Å². The first kappa shape index (κ1) is 12.4. The van der Waals surface area contributed by atoms with Crippen molar-refractivity contribution in [2.24, 2.45) is 0 Å². The van der Waals surface area contributed by atoms with E-state index in [0.717, 1.165) is 23.0 Å². The molecule has 0 spiro atoms. The minimum absolute atomic E-state index is 0.348. The summed E-state index contributed by atoms with van der Waals surface area (Å²) >= 11 is 3.47. The minimum Gasteiger partial charge on any atom is -0.388 e. The first-order valence-corrected chi connectivity index (χ1v) is 6.56. The van der Waals surface area contributed by atoms with Crippen LogP contribution in [0.25, 0.3) is 0 Å². The standard InChI is InChI=1S/C14H16BrNO/c1-2-14(17)12-6-7-16(10-12)9-11-4-3-5-13(15)8-11/h3-8,10,14,17H,2,9H2,1H3. The third-order valence-electron chi connectivity index (χ3n) is 2.80. The highest BCUT2D eigenvalue weighted by molar-refractivity contribution is 9.10. The van der Waals surface area contributed by atoms with Crippen LogP contribution in [0.1, 0.15) is 30.6 Å². The Balaban J connectivity index is 2.11. The second kappa shape index (κ2) is 5.52. The van der Waals surface area contributed by atoms with Gasteiger partial charge >= 0.3 is 0 Å². The molecule has 0 aliphatic carbocycles. The van der Waals surface area contributed by atoms with Crippen molar-refractivity contribution in [2.75, 3.05) is 0 Å². The zero-order valence-corrected chi connectivity index (χ0v) is 11.4. The summed E-state index contributed by atoms with van der Waals surface area (Å²) in [5, 5.41) is 9.73. The molecule has 90 valence electrons. The molecule has 0 amide bonds. The summed E-state index contributed by atoms with van der Waals surface area (Å²) in [7, 11) is 0. The van der Waals surface area contributed by atoms with Gasteiger partial charge in [-0.05, 0) is 35.7 Å². The summed E-state index contributed by atoms with van der Waals surface area (Å²) in [6, 6.07) is 10.2. The van der Waals surface area contributed by atoms with E-state index in [2.05, 4.69) is 32.6 Å². The van der Waals surface area contributed by atoms with Crippen LogP contribution in [0.4, 0.5) is 0 Å². The summed E-state index contributed by atoms with van der Waals surface area (Å²) in [5.41, 5.74) is 2.23. The largest absolute Gasteiger partial charge is 0.388 e. The normalized spacial score (nSPS) is 12.6. The Hall–Kier alpha value is -1.06. The number of nitrogens with zero attached hydrogens (tertiary/aromatic N) is 1. The first-order chi connectivity index (χ1) is 8.19. The van der Waals surface area contributed by atoms with Gasteiger partial charge in [0.2, 0.25) is 0 Å². The topological polar surface area (TPSA) is 25.2 Å². The van der Waals surface area contributed by atoms with Crippen molar-refractivity contribution < 1.29 is 5.11 Å². The number of benzene rings is 1. The second-order valence-electron chi connectivity index (χ2n) is 4.17. The Morgan fingerprint density at radius 1 is 1.35 bits per heavy atom. The molecule has 0 aliphatic heterocycles. The summed E-state index contributed by atoms with van der Waals surface area (Å²) in [4.78, 5) is 0. The molecule has 17 heavy (non-hydrogen) atoms. The predicted molar refractivity (Wildman–Crippen MR) is 72.9 cm³/mol. The van der Waals surface area contributed by atoms with Gasteiger partial charge in [0.15, 0.2) is 0 Å². The third-order valence-corrected chi connectivity index (χ3v) is 3.29. The van der Waals surface area contributed by atoms with Gasteiger partial charge in [0.25, 0.3) is 0 Å². The maximum atomic E-state index is 9.73. The molecule has 2 nitrogen and oxygen atoms in total. The Bertz CT molecular complexity index is 492. The summed E-state index contributed by atoms with van der Waals surface area (Å²) in [5.74, 6) is 0. The van der Waals surface area contributed by atoms with Crippen molar-refractivity contribution in [3.05, 3.63) is 58.3 Å². The van der Waals surface area contributed by atoms with Crippen molar-refractivity contribution in [3.63, 3.8) is 0 Å². The smallest absolute Gasteiger partial charge is 0.0802 e. The highest BCUT2D eigenvalue weighted by atomic mass is 79.9. The first-order valence-electron chi connectivity index (χ1n) is 5.77. The number of aromatic nitrogens is 1. The lowest BCUT2D eigenvalue weighted by Crippen LogP contribution is -1.97. The number of aliphatic hydroxyl groups excluding tert-OH is 1. The number of hydrogen-bond donors (Lipinski definition) is 1. The van der Waals surface area contributed by atoms with Crippen LogP contribution in [0, 0.1) is 0 Å². The van der Waals surface area contributed by atoms with Crippen LogP contribution in [0.15, 0.2) is 47.2 Å². The zero-order valence-electron chi connectivity index (χ0n) is 9.81. The number of halogens is 1. The van der Waals surface area contributed by atoms with Crippen LogP contribution in [-0.2, 0) is 6.54 Å². The Morgan fingerprint density at radius 3 is 2.88 bits per heavy atom. The van der Waals surface area contributed by atoms with Crippen LogP contribution in [0.2, 0.25) is 0 Å². The Kier molecular flexibility index (Phi) is 4.02. The summed E-state index contributed by atoms with van der Waals surface area (Å²) in [6.07, 6.45) is 4.42.